The van der Waals surface area contributed by atoms with Crippen LogP contribution in [0.15, 0.2) is 24.3 Å². The van der Waals surface area contributed by atoms with E-state index in [-0.39, 0.29) is 12.5 Å². The molecule has 2 aromatic rings. The molecule has 138 valence electrons. The number of benzene rings is 1. The molecule has 3 rings (SSSR count). The van der Waals surface area contributed by atoms with E-state index in [0.717, 1.165) is 18.4 Å². The van der Waals surface area contributed by atoms with Crippen LogP contribution in [0.25, 0.3) is 0 Å². The molecule has 1 aromatic heterocycles. The monoisotopic (exact) mass is 371 g/mol. The molecule has 26 heavy (non-hydrogen) atoms. The van der Waals surface area contributed by atoms with Gasteiger partial charge in [-0.2, -0.15) is 0 Å². The molecular formula is C21H25NO3S. The van der Waals surface area contributed by atoms with Crippen LogP contribution < -0.4 is 5.32 Å². The third kappa shape index (κ3) is 4.33. The summed E-state index contributed by atoms with van der Waals surface area (Å²) in [5.74, 6) is -0.0219. The summed E-state index contributed by atoms with van der Waals surface area (Å²) in [6.45, 7) is 5.95. The van der Waals surface area contributed by atoms with Crippen LogP contribution in [0.5, 0.6) is 0 Å². The Labute approximate surface area is 158 Å². The molecule has 1 atom stereocenters. The van der Waals surface area contributed by atoms with Crippen molar-refractivity contribution in [2.45, 2.75) is 46.5 Å². The van der Waals surface area contributed by atoms with E-state index in [0.29, 0.717) is 16.5 Å². The molecule has 0 saturated carbocycles. The number of esters is 1. The maximum absolute atomic E-state index is 12.3. The maximum Gasteiger partial charge on any atom is 0.348 e. The van der Waals surface area contributed by atoms with Gasteiger partial charge in [0.05, 0.1) is 0 Å². The number of thiophene rings is 1. The Morgan fingerprint density at radius 2 is 2.04 bits per heavy atom. The summed E-state index contributed by atoms with van der Waals surface area (Å²) in [6.07, 6.45) is 4.45. The molecule has 0 aliphatic heterocycles. The Kier molecular flexibility index (Phi) is 5.77. The fourth-order valence-corrected chi connectivity index (χ4v) is 4.37. The molecule has 1 aromatic carbocycles. The highest BCUT2D eigenvalue weighted by molar-refractivity contribution is 7.14. The fraction of sp³-hybridized carbons (Fsp3) is 0.429. The Hall–Kier alpha value is -2.14. The third-order valence-corrected chi connectivity index (χ3v) is 6.31. The lowest BCUT2D eigenvalue weighted by atomic mass is 9.87. The second kappa shape index (κ2) is 8.04. The topological polar surface area (TPSA) is 55.4 Å². The van der Waals surface area contributed by atoms with Crippen molar-refractivity contribution in [1.82, 2.24) is 0 Å². The Morgan fingerprint density at radius 3 is 2.77 bits per heavy atom. The van der Waals surface area contributed by atoms with Gasteiger partial charge in [0, 0.05) is 10.6 Å². The van der Waals surface area contributed by atoms with Gasteiger partial charge in [-0.05, 0) is 73.9 Å². The number of anilines is 1. The van der Waals surface area contributed by atoms with Crippen molar-refractivity contribution in [3.63, 3.8) is 0 Å². The van der Waals surface area contributed by atoms with Gasteiger partial charge in [-0.3, -0.25) is 4.79 Å². The van der Waals surface area contributed by atoms with Crippen LogP contribution in [0.4, 0.5) is 5.69 Å². The standard InChI is InChI=1S/C21H25NO3S/c1-4-15-6-8-18-16(10-15)11-19(26-18)21(24)25-12-20(23)22-17-7-5-13(2)14(3)9-17/h5,7,9,11,15H,4,6,8,10,12H2,1-3H3,(H,22,23)/t15-/m0/s1. The minimum Gasteiger partial charge on any atom is -0.451 e. The second-order valence-corrected chi connectivity index (χ2v) is 8.14. The zero-order valence-electron chi connectivity index (χ0n) is 15.6. The van der Waals surface area contributed by atoms with Gasteiger partial charge in [0.2, 0.25) is 0 Å². The van der Waals surface area contributed by atoms with Crippen LogP contribution >= 0.6 is 11.3 Å². The summed E-state index contributed by atoms with van der Waals surface area (Å²) < 4.78 is 5.21. The van der Waals surface area contributed by atoms with Crippen molar-refractivity contribution in [3.8, 4) is 0 Å². The van der Waals surface area contributed by atoms with E-state index in [4.69, 9.17) is 4.74 Å². The fourth-order valence-electron chi connectivity index (χ4n) is 3.27. The summed E-state index contributed by atoms with van der Waals surface area (Å²) in [7, 11) is 0. The van der Waals surface area contributed by atoms with Crippen molar-refractivity contribution >= 4 is 28.9 Å². The zero-order chi connectivity index (χ0) is 18.7. The predicted octanol–water partition coefficient (Wildman–Crippen LogP) is 4.68. The number of carbonyl (C=O) groups is 2. The molecule has 1 amide bonds. The first-order valence-electron chi connectivity index (χ1n) is 9.12. The van der Waals surface area contributed by atoms with Gasteiger partial charge in [-0.1, -0.05) is 19.4 Å². The lowest BCUT2D eigenvalue weighted by Gasteiger charge is -2.19. The van der Waals surface area contributed by atoms with E-state index < -0.39 is 5.97 Å². The molecule has 0 radical (unpaired) electrons. The number of hydrogen-bond donors (Lipinski definition) is 1. The predicted molar refractivity (Wildman–Crippen MR) is 105 cm³/mol. The van der Waals surface area contributed by atoms with E-state index in [2.05, 4.69) is 12.2 Å². The van der Waals surface area contributed by atoms with Gasteiger partial charge in [0.1, 0.15) is 4.88 Å². The van der Waals surface area contributed by atoms with E-state index in [9.17, 15) is 9.59 Å². The zero-order valence-corrected chi connectivity index (χ0v) is 16.4. The van der Waals surface area contributed by atoms with Crippen LogP contribution in [0.2, 0.25) is 0 Å². The summed E-state index contributed by atoms with van der Waals surface area (Å²) in [4.78, 5) is 26.2. The number of carbonyl (C=O) groups excluding carboxylic acids is 2. The Bertz CT molecular complexity index is 825. The minimum atomic E-state index is -0.410. The molecular weight excluding hydrogens is 346 g/mol. The molecule has 0 unspecified atom stereocenters. The highest BCUT2D eigenvalue weighted by Crippen LogP contribution is 2.33. The average molecular weight is 372 g/mol. The lowest BCUT2D eigenvalue weighted by molar-refractivity contribution is -0.119. The van der Waals surface area contributed by atoms with Crippen LogP contribution in [0, 0.1) is 19.8 Å². The van der Waals surface area contributed by atoms with E-state index in [1.165, 1.54) is 40.2 Å². The Balaban J connectivity index is 1.54. The normalized spacial score (nSPS) is 16.0. The number of nitrogens with one attached hydrogen (secondary N) is 1. The quantitative estimate of drug-likeness (QED) is 0.777. The van der Waals surface area contributed by atoms with Gasteiger partial charge in [-0.25, -0.2) is 4.79 Å². The van der Waals surface area contributed by atoms with Crippen LogP contribution in [-0.2, 0) is 22.4 Å². The first kappa shape index (κ1) is 18.6. The molecule has 1 heterocycles. The SMILES string of the molecule is CC[C@H]1CCc2sc(C(=O)OCC(=O)Nc3ccc(C)c(C)c3)cc2C1. The Morgan fingerprint density at radius 1 is 1.23 bits per heavy atom. The maximum atomic E-state index is 12.3. The van der Waals surface area contributed by atoms with Crippen molar-refractivity contribution in [3.05, 3.63) is 50.7 Å². The number of hydrogen-bond acceptors (Lipinski definition) is 4. The first-order valence-corrected chi connectivity index (χ1v) is 9.93. The molecule has 0 bridgehead atoms. The minimum absolute atomic E-state index is 0.272. The molecule has 5 heteroatoms. The third-order valence-electron chi connectivity index (χ3n) is 5.09. The summed E-state index contributed by atoms with van der Waals surface area (Å²) in [5.41, 5.74) is 4.27. The van der Waals surface area contributed by atoms with E-state index in [1.54, 1.807) is 0 Å². The molecule has 1 aliphatic carbocycles. The largest absolute Gasteiger partial charge is 0.451 e. The molecule has 1 aliphatic rings. The summed E-state index contributed by atoms with van der Waals surface area (Å²) in [5, 5.41) is 2.77. The van der Waals surface area contributed by atoms with Gasteiger partial charge in [-0.15, -0.1) is 11.3 Å². The van der Waals surface area contributed by atoms with Gasteiger partial charge in [0.25, 0.3) is 5.91 Å². The lowest BCUT2D eigenvalue weighted by Crippen LogP contribution is -2.20. The van der Waals surface area contributed by atoms with Gasteiger partial charge >= 0.3 is 5.97 Å². The number of ether oxygens (including phenoxy) is 1. The number of aryl methyl sites for hydroxylation is 3. The molecule has 0 spiro atoms. The highest BCUT2D eigenvalue weighted by atomic mass is 32.1. The highest BCUT2D eigenvalue weighted by Gasteiger charge is 2.23. The molecule has 0 saturated heterocycles. The molecule has 0 fully saturated rings. The van der Waals surface area contributed by atoms with Crippen molar-refractivity contribution < 1.29 is 14.3 Å². The van der Waals surface area contributed by atoms with Crippen LogP contribution in [0.3, 0.4) is 0 Å². The summed E-state index contributed by atoms with van der Waals surface area (Å²) >= 11 is 1.51. The smallest absolute Gasteiger partial charge is 0.348 e. The van der Waals surface area contributed by atoms with Crippen molar-refractivity contribution in [1.29, 1.82) is 0 Å². The van der Waals surface area contributed by atoms with Gasteiger partial charge < -0.3 is 10.1 Å². The average Bonchev–Trinajstić information content (AvgIpc) is 3.06. The summed E-state index contributed by atoms with van der Waals surface area (Å²) in [6, 6.07) is 7.66. The van der Waals surface area contributed by atoms with Gasteiger partial charge in [0.15, 0.2) is 6.61 Å². The first-order chi connectivity index (χ1) is 12.5. The van der Waals surface area contributed by atoms with Crippen LogP contribution in [-0.4, -0.2) is 18.5 Å². The van der Waals surface area contributed by atoms with Crippen LogP contribution in [0.1, 0.15) is 51.0 Å². The van der Waals surface area contributed by atoms with Crippen molar-refractivity contribution in [2.24, 2.45) is 5.92 Å². The molecule has 4 nitrogen and oxygen atoms in total. The second-order valence-electron chi connectivity index (χ2n) is 7.00. The number of fused-ring (bicyclic) bond motifs is 1. The van der Waals surface area contributed by atoms with Crippen molar-refractivity contribution in [2.75, 3.05) is 11.9 Å². The van der Waals surface area contributed by atoms with E-state index in [1.807, 2.05) is 38.1 Å². The molecule has 1 N–H and O–H groups in total. The number of rotatable bonds is 5. The number of amides is 1. The van der Waals surface area contributed by atoms with E-state index >= 15 is 0 Å².